The summed E-state index contributed by atoms with van der Waals surface area (Å²) in [6, 6.07) is 7.46. The second kappa shape index (κ2) is 5.03. The van der Waals surface area contributed by atoms with E-state index in [0.29, 0.717) is 17.9 Å². The zero-order valence-electron chi connectivity index (χ0n) is 7.72. The molecule has 0 aliphatic rings. The highest BCUT2D eigenvalue weighted by Crippen LogP contribution is 2.11. The summed E-state index contributed by atoms with van der Waals surface area (Å²) in [7, 11) is 0. The molecule has 0 aliphatic carbocycles. The van der Waals surface area contributed by atoms with E-state index in [1.807, 2.05) is 31.2 Å². The van der Waals surface area contributed by atoms with E-state index >= 15 is 0 Å². The van der Waals surface area contributed by atoms with Crippen molar-refractivity contribution < 1.29 is 4.79 Å². The van der Waals surface area contributed by atoms with E-state index in [9.17, 15) is 4.79 Å². The largest absolute Gasteiger partial charge is 0.299 e. The van der Waals surface area contributed by atoms with Crippen LogP contribution < -0.4 is 0 Å². The molecule has 0 aromatic heterocycles. The molecule has 0 heterocycles. The van der Waals surface area contributed by atoms with Gasteiger partial charge in [-0.1, -0.05) is 30.7 Å². The Hall–Kier alpha value is -0.820. The van der Waals surface area contributed by atoms with E-state index in [1.54, 1.807) is 0 Å². The third-order valence-electron chi connectivity index (χ3n) is 1.82. The van der Waals surface area contributed by atoms with Gasteiger partial charge < -0.3 is 0 Å². The molecule has 0 aliphatic heterocycles. The predicted octanol–water partition coefficient (Wildman–Crippen LogP) is 3.25. The summed E-state index contributed by atoms with van der Waals surface area (Å²) in [5.74, 6) is 0.282. The standard InChI is InChI=1S/C11H13ClO/c1-2-4-11(13)8-9-5-3-6-10(12)7-9/h3,5-7H,2,4,8H2,1H3. The first kappa shape index (κ1) is 10.3. The van der Waals surface area contributed by atoms with Crippen LogP contribution in [0.2, 0.25) is 5.02 Å². The third-order valence-corrected chi connectivity index (χ3v) is 2.05. The molecular weight excluding hydrogens is 184 g/mol. The van der Waals surface area contributed by atoms with Gasteiger partial charge in [-0.25, -0.2) is 0 Å². The van der Waals surface area contributed by atoms with Crippen molar-refractivity contribution in [3.63, 3.8) is 0 Å². The van der Waals surface area contributed by atoms with Crippen molar-refractivity contribution in [1.82, 2.24) is 0 Å². The fourth-order valence-corrected chi connectivity index (χ4v) is 1.45. The molecule has 0 spiro atoms. The first-order valence-electron chi connectivity index (χ1n) is 4.48. The average molecular weight is 197 g/mol. The highest BCUT2D eigenvalue weighted by molar-refractivity contribution is 6.30. The Balaban J connectivity index is 2.58. The molecule has 0 amide bonds. The van der Waals surface area contributed by atoms with Crippen LogP contribution in [-0.2, 0) is 11.2 Å². The smallest absolute Gasteiger partial charge is 0.137 e. The Bertz CT molecular complexity index is 294. The Morgan fingerprint density at radius 2 is 2.23 bits per heavy atom. The quantitative estimate of drug-likeness (QED) is 0.723. The Morgan fingerprint density at radius 1 is 1.46 bits per heavy atom. The van der Waals surface area contributed by atoms with Crippen molar-refractivity contribution >= 4 is 17.4 Å². The SMILES string of the molecule is CCCC(=O)Cc1cccc(Cl)c1. The van der Waals surface area contributed by atoms with E-state index in [1.165, 1.54) is 0 Å². The maximum atomic E-state index is 11.3. The minimum Gasteiger partial charge on any atom is -0.299 e. The van der Waals surface area contributed by atoms with Gasteiger partial charge in [0.05, 0.1) is 0 Å². The van der Waals surface area contributed by atoms with Gasteiger partial charge in [-0.15, -0.1) is 0 Å². The van der Waals surface area contributed by atoms with E-state index in [-0.39, 0.29) is 5.78 Å². The van der Waals surface area contributed by atoms with Gasteiger partial charge in [0.2, 0.25) is 0 Å². The lowest BCUT2D eigenvalue weighted by Gasteiger charge is -1.99. The zero-order chi connectivity index (χ0) is 9.68. The van der Waals surface area contributed by atoms with E-state index < -0.39 is 0 Å². The van der Waals surface area contributed by atoms with Gasteiger partial charge in [0, 0.05) is 17.9 Å². The van der Waals surface area contributed by atoms with Crippen LogP contribution >= 0.6 is 11.6 Å². The van der Waals surface area contributed by atoms with Crippen molar-refractivity contribution in [1.29, 1.82) is 0 Å². The topological polar surface area (TPSA) is 17.1 Å². The monoisotopic (exact) mass is 196 g/mol. The second-order valence-corrected chi connectivity index (χ2v) is 3.53. The molecule has 0 saturated carbocycles. The van der Waals surface area contributed by atoms with Gasteiger partial charge in [0.1, 0.15) is 5.78 Å². The number of halogens is 1. The molecule has 0 radical (unpaired) electrons. The molecule has 2 heteroatoms. The summed E-state index contributed by atoms with van der Waals surface area (Å²) in [6.45, 7) is 2.01. The molecule has 1 rings (SSSR count). The van der Waals surface area contributed by atoms with Crippen molar-refractivity contribution in [2.75, 3.05) is 0 Å². The molecule has 0 atom stereocenters. The molecule has 70 valence electrons. The minimum atomic E-state index is 0.282. The Morgan fingerprint density at radius 3 is 2.85 bits per heavy atom. The molecule has 1 nitrogen and oxygen atoms in total. The number of carbonyl (C=O) groups excluding carboxylic acids is 1. The number of hydrogen-bond donors (Lipinski definition) is 0. The van der Waals surface area contributed by atoms with Crippen LogP contribution in [0.4, 0.5) is 0 Å². The number of benzene rings is 1. The van der Waals surface area contributed by atoms with Gasteiger partial charge in [0.15, 0.2) is 0 Å². The number of Topliss-reactive ketones (excluding diaryl/α,β-unsaturated/α-hetero) is 1. The summed E-state index contributed by atoms with van der Waals surface area (Å²) in [4.78, 5) is 11.3. The van der Waals surface area contributed by atoms with E-state index in [4.69, 9.17) is 11.6 Å². The van der Waals surface area contributed by atoms with Crippen molar-refractivity contribution in [3.05, 3.63) is 34.9 Å². The molecule has 13 heavy (non-hydrogen) atoms. The number of hydrogen-bond acceptors (Lipinski definition) is 1. The lowest BCUT2D eigenvalue weighted by atomic mass is 10.1. The molecule has 1 aromatic rings. The lowest BCUT2D eigenvalue weighted by molar-refractivity contribution is -0.118. The molecule has 0 bridgehead atoms. The molecular formula is C11H13ClO. The van der Waals surface area contributed by atoms with Crippen LogP contribution in [0, 0.1) is 0 Å². The summed E-state index contributed by atoms with van der Waals surface area (Å²) >= 11 is 5.79. The molecule has 0 saturated heterocycles. The van der Waals surface area contributed by atoms with E-state index in [0.717, 1.165) is 12.0 Å². The first-order chi connectivity index (χ1) is 6.22. The fraction of sp³-hybridized carbons (Fsp3) is 0.364. The normalized spacial score (nSPS) is 10.0. The maximum absolute atomic E-state index is 11.3. The van der Waals surface area contributed by atoms with Gasteiger partial charge >= 0.3 is 0 Å². The summed E-state index contributed by atoms with van der Waals surface area (Å²) in [5, 5.41) is 0.696. The third kappa shape index (κ3) is 3.60. The number of rotatable bonds is 4. The van der Waals surface area contributed by atoms with Crippen molar-refractivity contribution in [2.24, 2.45) is 0 Å². The van der Waals surface area contributed by atoms with Gasteiger partial charge in [-0.3, -0.25) is 4.79 Å². The molecule has 0 N–H and O–H groups in total. The molecule has 1 aromatic carbocycles. The molecule has 0 fully saturated rings. The molecule has 0 unspecified atom stereocenters. The number of ketones is 1. The second-order valence-electron chi connectivity index (χ2n) is 3.10. The van der Waals surface area contributed by atoms with Crippen LogP contribution in [0.5, 0.6) is 0 Å². The van der Waals surface area contributed by atoms with Gasteiger partial charge in [-0.05, 0) is 24.1 Å². The Kier molecular flexibility index (Phi) is 3.97. The van der Waals surface area contributed by atoms with Crippen LogP contribution in [0.25, 0.3) is 0 Å². The number of carbonyl (C=O) groups is 1. The fourth-order valence-electron chi connectivity index (χ4n) is 1.24. The van der Waals surface area contributed by atoms with Crippen LogP contribution in [0.3, 0.4) is 0 Å². The average Bonchev–Trinajstić information content (AvgIpc) is 2.04. The summed E-state index contributed by atoms with van der Waals surface area (Å²) < 4.78 is 0. The van der Waals surface area contributed by atoms with Crippen molar-refractivity contribution in [3.8, 4) is 0 Å². The maximum Gasteiger partial charge on any atom is 0.137 e. The van der Waals surface area contributed by atoms with Gasteiger partial charge in [0.25, 0.3) is 0 Å². The lowest BCUT2D eigenvalue weighted by Crippen LogP contribution is -2.01. The highest BCUT2D eigenvalue weighted by atomic mass is 35.5. The minimum absolute atomic E-state index is 0.282. The Labute approximate surface area is 83.7 Å². The zero-order valence-corrected chi connectivity index (χ0v) is 8.47. The predicted molar refractivity (Wildman–Crippen MR) is 55.1 cm³/mol. The van der Waals surface area contributed by atoms with Crippen LogP contribution in [0.15, 0.2) is 24.3 Å². The van der Waals surface area contributed by atoms with Crippen molar-refractivity contribution in [2.45, 2.75) is 26.2 Å². The summed E-state index contributed by atoms with van der Waals surface area (Å²) in [6.07, 6.45) is 2.08. The summed E-state index contributed by atoms with van der Waals surface area (Å²) in [5.41, 5.74) is 1.01. The van der Waals surface area contributed by atoms with Crippen LogP contribution in [-0.4, -0.2) is 5.78 Å². The van der Waals surface area contributed by atoms with E-state index in [2.05, 4.69) is 0 Å². The highest BCUT2D eigenvalue weighted by Gasteiger charge is 2.02. The first-order valence-corrected chi connectivity index (χ1v) is 4.86. The van der Waals surface area contributed by atoms with Gasteiger partial charge in [-0.2, -0.15) is 0 Å². The van der Waals surface area contributed by atoms with Crippen LogP contribution in [0.1, 0.15) is 25.3 Å².